The van der Waals surface area contributed by atoms with E-state index >= 15 is 0 Å². The largest absolute Gasteiger partial charge is 0.363 e. The maximum absolute atomic E-state index is 4.47. The molecule has 1 atom stereocenters. The van der Waals surface area contributed by atoms with Gasteiger partial charge in [0.15, 0.2) is 0 Å². The van der Waals surface area contributed by atoms with Crippen molar-refractivity contribution in [2.24, 2.45) is 0 Å². The van der Waals surface area contributed by atoms with E-state index in [1.807, 2.05) is 6.07 Å². The van der Waals surface area contributed by atoms with Crippen molar-refractivity contribution in [2.75, 3.05) is 11.9 Å². The van der Waals surface area contributed by atoms with Crippen molar-refractivity contribution in [1.82, 2.24) is 15.3 Å². The Labute approximate surface area is 148 Å². The Kier molecular flexibility index (Phi) is 4.44. The predicted octanol–water partition coefficient (Wildman–Crippen LogP) is 3.96. The van der Waals surface area contributed by atoms with Crippen LogP contribution in [0.5, 0.6) is 0 Å². The zero-order valence-corrected chi connectivity index (χ0v) is 14.4. The third-order valence-electron chi connectivity index (χ3n) is 4.75. The minimum Gasteiger partial charge on any atom is -0.363 e. The molecule has 25 heavy (non-hydrogen) atoms. The van der Waals surface area contributed by atoms with Crippen molar-refractivity contribution in [3.63, 3.8) is 0 Å². The zero-order valence-electron chi connectivity index (χ0n) is 14.4. The number of benzene rings is 2. The van der Waals surface area contributed by atoms with Gasteiger partial charge >= 0.3 is 0 Å². The van der Waals surface area contributed by atoms with Crippen LogP contribution in [0.15, 0.2) is 60.9 Å². The quantitative estimate of drug-likeness (QED) is 0.760. The molecule has 0 saturated carbocycles. The molecule has 0 radical (unpaired) electrons. The van der Waals surface area contributed by atoms with E-state index in [1.54, 1.807) is 6.33 Å². The van der Waals surface area contributed by atoms with E-state index in [9.17, 15) is 0 Å². The van der Waals surface area contributed by atoms with Gasteiger partial charge in [0.25, 0.3) is 0 Å². The summed E-state index contributed by atoms with van der Waals surface area (Å²) >= 11 is 0. The molecule has 0 unspecified atom stereocenters. The van der Waals surface area contributed by atoms with Crippen LogP contribution in [-0.4, -0.2) is 16.5 Å². The molecule has 1 aromatic heterocycles. The molecule has 126 valence electrons. The summed E-state index contributed by atoms with van der Waals surface area (Å²) in [6.45, 7) is 3.98. The number of hydrogen-bond acceptors (Lipinski definition) is 4. The van der Waals surface area contributed by atoms with Crippen LogP contribution in [0.2, 0.25) is 0 Å². The minimum absolute atomic E-state index is 0.193. The molecule has 1 aliphatic rings. The number of hydrogen-bond donors (Lipinski definition) is 2. The third-order valence-corrected chi connectivity index (χ3v) is 4.75. The average molecular weight is 330 g/mol. The molecule has 0 bridgehead atoms. The van der Waals surface area contributed by atoms with E-state index < -0.39 is 0 Å². The number of anilines is 1. The third kappa shape index (κ3) is 3.39. The second kappa shape index (κ2) is 7.03. The smallest absolute Gasteiger partial charge is 0.133 e. The van der Waals surface area contributed by atoms with Crippen LogP contribution in [0.4, 0.5) is 5.82 Å². The van der Waals surface area contributed by atoms with Crippen LogP contribution in [0.1, 0.15) is 29.8 Å². The van der Waals surface area contributed by atoms with Crippen molar-refractivity contribution in [3.05, 3.63) is 77.7 Å². The molecule has 4 rings (SSSR count). The summed E-state index contributed by atoms with van der Waals surface area (Å²) < 4.78 is 0. The van der Waals surface area contributed by atoms with Crippen molar-refractivity contribution in [2.45, 2.75) is 25.9 Å². The second-order valence-corrected chi connectivity index (χ2v) is 6.43. The molecule has 3 aromatic rings. The van der Waals surface area contributed by atoms with E-state index in [-0.39, 0.29) is 6.04 Å². The predicted molar refractivity (Wildman–Crippen MR) is 101 cm³/mol. The van der Waals surface area contributed by atoms with Gasteiger partial charge in [0.2, 0.25) is 0 Å². The fraction of sp³-hybridized carbons (Fsp3) is 0.238. The van der Waals surface area contributed by atoms with Gasteiger partial charge in [-0.1, -0.05) is 54.6 Å². The highest BCUT2D eigenvalue weighted by Gasteiger charge is 2.16. The number of nitrogens with one attached hydrogen (secondary N) is 2. The van der Waals surface area contributed by atoms with E-state index in [0.717, 1.165) is 31.0 Å². The Balaban J connectivity index is 1.53. The molecule has 0 fully saturated rings. The Bertz CT molecular complexity index is 844. The van der Waals surface area contributed by atoms with Crippen LogP contribution in [0.25, 0.3) is 11.1 Å². The van der Waals surface area contributed by atoms with E-state index in [2.05, 4.69) is 76.1 Å². The van der Waals surface area contributed by atoms with Gasteiger partial charge in [-0.05, 0) is 36.6 Å². The summed E-state index contributed by atoms with van der Waals surface area (Å²) in [7, 11) is 0. The molecule has 0 aliphatic carbocycles. The maximum atomic E-state index is 4.47. The standard InChI is InChI=1S/C21H22N4/c1-15(25-21-19-11-12-22-13-20(19)23-14-24-21)16-7-9-18(10-8-16)17-5-3-2-4-6-17/h2-10,14-15,22H,11-13H2,1H3,(H,23,24,25)/t15-/m0/s1. The van der Waals surface area contributed by atoms with Crippen molar-refractivity contribution in [1.29, 1.82) is 0 Å². The minimum atomic E-state index is 0.193. The van der Waals surface area contributed by atoms with Gasteiger partial charge < -0.3 is 10.6 Å². The Hall–Kier alpha value is -2.72. The van der Waals surface area contributed by atoms with Crippen molar-refractivity contribution >= 4 is 5.82 Å². The molecule has 0 saturated heterocycles. The first kappa shape index (κ1) is 15.8. The normalized spacial score (nSPS) is 14.6. The van der Waals surface area contributed by atoms with Gasteiger partial charge in [-0.15, -0.1) is 0 Å². The second-order valence-electron chi connectivity index (χ2n) is 6.43. The molecule has 1 aliphatic heterocycles. The van der Waals surface area contributed by atoms with Crippen LogP contribution in [-0.2, 0) is 13.0 Å². The first-order valence-corrected chi connectivity index (χ1v) is 8.76. The van der Waals surface area contributed by atoms with Gasteiger partial charge in [0.1, 0.15) is 12.1 Å². The highest BCUT2D eigenvalue weighted by molar-refractivity contribution is 5.63. The lowest BCUT2D eigenvalue weighted by Gasteiger charge is -2.22. The highest BCUT2D eigenvalue weighted by Crippen LogP contribution is 2.26. The summed E-state index contributed by atoms with van der Waals surface area (Å²) in [5, 5.41) is 6.92. The maximum Gasteiger partial charge on any atom is 0.133 e. The number of nitrogens with zero attached hydrogens (tertiary/aromatic N) is 2. The number of rotatable bonds is 4. The number of fused-ring (bicyclic) bond motifs is 1. The Morgan fingerprint density at radius 1 is 0.960 bits per heavy atom. The topological polar surface area (TPSA) is 49.8 Å². The first-order valence-electron chi connectivity index (χ1n) is 8.76. The van der Waals surface area contributed by atoms with Crippen molar-refractivity contribution < 1.29 is 0 Å². The van der Waals surface area contributed by atoms with Gasteiger partial charge in [0.05, 0.1) is 5.69 Å². The van der Waals surface area contributed by atoms with Crippen LogP contribution in [0.3, 0.4) is 0 Å². The Morgan fingerprint density at radius 2 is 1.72 bits per heavy atom. The fourth-order valence-electron chi connectivity index (χ4n) is 3.29. The summed E-state index contributed by atoms with van der Waals surface area (Å²) in [5.41, 5.74) is 6.08. The molecule has 4 heteroatoms. The molecule has 0 amide bonds. The molecular weight excluding hydrogens is 308 g/mol. The summed E-state index contributed by atoms with van der Waals surface area (Å²) in [5.74, 6) is 0.964. The van der Waals surface area contributed by atoms with Gasteiger partial charge in [-0.3, -0.25) is 0 Å². The molecular formula is C21H22N4. The lowest BCUT2D eigenvalue weighted by Crippen LogP contribution is -2.26. The monoisotopic (exact) mass is 330 g/mol. The van der Waals surface area contributed by atoms with Gasteiger partial charge in [-0.2, -0.15) is 0 Å². The summed E-state index contributed by atoms with van der Waals surface area (Å²) in [6, 6.07) is 19.4. The van der Waals surface area contributed by atoms with Gasteiger partial charge in [-0.25, -0.2) is 9.97 Å². The molecule has 4 nitrogen and oxygen atoms in total. The molecule has 0 spiro atoms. The van der Waals surface area contributed by atoms with Crippen LogP contribution in [0, 0.1) is 0 Å². The first-order chi connectivity index (χ1) is 12.3. The lowest BCUT2D eigenvalue weighted by atomic mass is 10.0. The zero-order chi connectivity index (χ0) is 17.1. The van der Waals surface area contributed by atoms with Crippen molar-refractivity contribution in [3.8, 4) is 11.1 Å². The lowest BCUT2D eigenvalue weighted by molar-refractivity contribution is 0.623. The molecule has 2 aromatic carbocycles. The summed E-state index contributed by atoms with van der Waals surface area (Å²) in [4.78, 5) is 8.86. The SMILES string of the molecule is C[C@H](Nc1ncnc2c1CCNC2)c1ccc(-c2ccccc2)cc1. The highest BCUT2D eigenvalue weighted by atomic mass is 15.1. The van der Waals surface area contributed by atoms with E-state index in [1.165, 1.54) is 22.3 Å². The van der Waals surface area contributed by atoms with Crippen LogP contribution >= 0.6 is 0 Å². The fourth-order valence-corrected chi connectivity index (χ4v) is 3.29. The average Bonchev–Trinajstić information content (AvgIpc) is 2.69. The molecule has 2 heterocycles. The Morgan fingerprint density at radius 3 is 2.52 bits per heavy atom. The van der Waals surface area contributed by atoms with Crippen LogP contribution < -0.4 is 10.6 Å². The number of aromatic nitrogens is 2. The van der Waals surface area contributed by atoms with E-state index in [4.69, 9.17) is 0 Å². The molecule has 2 N–H and O–H groups in total. The van der Waals surface area contributed by atoms with Gasteiger partial charge in [0, 0.05) is 18.2 Å². The van der Waals surface area contributed by atoms with E-state index in [0.29, 0.717) is 0 Å². The summed E-state index contributed by atoms with van der Waals surface area (Å²) in [6.07, 6.45) is 2.62.